The summed E-state index contributed by atoms with van der Waals surface area (Å²) in [6.45, 7) is 1.41. The highest BCUT2D eigenvalue weighted by Crippen LogP contribution is 2.45. The Bertz CT molecular complexity index is 1250. The van der Waals surface area contributed by atoms with Gasteiger partial charge in [0.2, 0.25) is 6.79 Å². The summed E-state index contributed by atoms with van der Waals surface area (Å²) < 4.78 is 11.2. The van der Waals surface area contributed by atoms with Gasteiger partial charge in [0.05, 0.1) is 18.3 Å². The van der Waals surface area contributed by atoms with Crippen LogP contribution in [0.25, 0.3) is 0 Å². The summed E-state index contributed by atoms with van der Waals surface area (Å²) in [6, 6.07) is 25.4. The van der Waals surface area contributed by atoms with Crippen LogP contribution in [0.5, 0.6) is 11.5 Å². The number of benzene rings is 3. The second kappa shape index (κ2) is 7.57. The molecule has 32 heavy (non-hydrogen) atoms. The lowest BCUT2D eigenvalue weighted by atomic mass is 9.91. The van der Waals surface area contributed by atoms with Crippen molar-refractivity contribution in [2.24, 2.45) is 4.99 Å². The van der Waals surface area contributed by atoms with Gasteiger partial charge >= 0.3 is 0 Å². The molecule has 0 saturated carbocycles. The molecule has 0 saturated heterocycles. The van der Waals surface area contributed by atoms with Crippen LogP contribution in [0.3, 0.4) is 0 Å². The summed E-state index contributed by atoms with van der Waals surface area (Å²) in [4.78, 5) is 20.5. The van der Waals surface area contributed by atoms with Gasteiger partial charge in [0.1, 0.15) is 5.70 Å². The van der Waals surface area contributed by atoms with E-state index in [2.05, 4.69) is 5.32 Å². The third-order valence-electron chi connectivity index (χ3n) is 5.97. The van der Waals surface area contributed by atoms with E-state index >= 15 is 0 Å². The molecule has 3 heterocycles. The monoisotopic (exact) mass is 423 g/mol. The van der Waals surface area contributed by atoms with Crippen LogP contribution in [0.1, 0.15) is 17.2 Å². The first-order valence-corrected chi connectivity index (χ1v) is 10.7. The van der Waals surface area contributed by atoms with Crippen LogP contribution in [0, 0.1) is 0 Å². The number of hydrogen-bond donors (Lipinski definition) is 1. The number of aliphatic imine (C=N–C) groups is 1. The molecule has 158 valence electrons. The molecule has 0 spiro atoms. The molecule has 3 aromatic carbocycles. The SMILES string of the molecule is O=C1C2=C(C(c3ccccc3)=NCCN2)[C@H](c2ccc3c(c2)OCO3)N1c1ccccc1. The van der Waals surface area contributed by atoms with Crippen LogP contribution in [0.2, 0.25) is 0 Å². The summed E-state index contributed by atoms with van der Waals surface area (Å²) >= 11 is 0. The second-order valence-electron chi connectivity index (χ2n) is 7.84. The van der Waals surface area contributed by atoms with E-state index in [1.807, 2.05) is 83.8 Å². The van der Waals surface area contributed by atoms with Crippen molar-refractivity contribution in [3.8, 4) is 11.5 Å². The summed E-state index contributed by atoms with van der Waals surface area (Å²) in [6.07, 6.45) is 0. The number of para-hydroxylation sites is 1. The molecule has 0 radical (unpaired) electrons. The van der Waals surface area contributed by atoms with Crippen molar-refractivity contribution in [1.82, 2.24) is 5.32 Å². The molecule has 3 aliphatic heterocycles. The maximum Gasteiger partial charge on any atom is 0.275 e. The molecule has 0 fully saturated rings. The van der Waals surface area contributed by atoms with Crippen molar-refractivity contribution in [1.29, 1.82) is 0 Å². The molecule has 1 atom stereocenters. The summed E-state index contributed by atoms with van der Waals surface area (Å²) in [7, 11) is 0. The highest BCUT2D eigenvalue weighted by Gasteiger charge is 2.44. The molecule has 0 unspecified atom stereocenters. The van der Waals surface area contributed by atoms with Gasteiger partial charge in [-0.15, -0.1) is 0 Å². The van der Waals surface area contributed by atoms with Crippen LogP contribution < -0.4 is 19.7 Å². The first-order valence-electron chi connectivity index (χ1n) is 10.7. The highest BCUT2D eigenvalue weighted by atomic mass is 16.7. The van der Waals surface area contributed by atoms with Crippen LogP contribution in [-0.4, -0.2) is 31.5 Å². The van der Waals surface area contributed by atoms with Crippen molar-refractivity contribution in [2.45, 2.75) is 6.04 Å². The van der Waals surface area contributed by atoms with Crippen LogP contribution >= 0.6 is 0 Å². The van der Waals surface area contributed by atoms with Crippen LogP contribution in [-0.2, 0) is 4.79 Å². The molecule has 6 rings (SSSR count). The molecular weight excluding hydrogens is 402 g/mol. The van der Waals surface area contributed by atoms with Gasteiger partial charge in [-0.2, -0.15) is 0 Å². The Labute approximate surface area is 185 Å². The van der Waals surface area contributed by atoms with Gasteiger partial charge < -0.3 is 14.8 Å². The topological polar surface area (TPSA) is 63.2 Å². The van der Waals surface area contributed by atoms with Crippen molar-refractivity contribution in [2.75, 3.05) is 24.8 Å². The van der Waals surface area contributed by atoms with E-state index in [0.29, 0.717) is 24.5 Å². The average molecular weight is 423 g/mol. The zero-order chi connectivity index (χ0) is 21.5. The third-order valence-corrected chi connectivity index (χ3v) is 5.97. The van der Waals surface area contributed by atoms with Gasteiger partial charge in [0, 0.05) is 23.4 Å². The molecule has 3 aromatic rings. The minimum absolute atomic E-state index is 0.0561. The molecule has 0 aromatic heterocycles. The number of ether oxygens (including phenoxy) is 2. The Balaban J connectivity index is 1.57. The van der Waals surface area contributed by atoms with E-state index in [0.717, 1.165) is 33.8 Å². The number of rotatable bonds is 3. The van der Waals surface area contributed by atoms with E-state index in [1.54, 1.807) is 0 Å². The highest BCUT2D eigenvalue weighted by molar-refractivity contribution is 6.23. The number of hydrogen-bond acceptors (Lipinski definition) is 5. The fourth-order valence-corrected chi connectivity index (χ4v) is 4.57. The second-order valence-corrected chi connectivity index (χ2v) is 7.84. The predicted molar refractivity (Wildman–Crippen MR) is 122 cm³/mol. The average Bonchev–Trinajstić information content (AvgIpc) is 3.34. The zero-order valence-corrected chi connectivity index (χ0v) is 17.3. The minimum atomic E-state index is -0.348. The van der Waals surface area contributed by atoms with E-state index < -0.39 is 0 Å². The van der Waals surface area contributed by atoms with Crippen LogP contribution in [0.4, 0.5) is 5.69 Å². The van der Waals surface area contributed by atoms with Gasteiger partial charge in [0.25, 0.3) is 5.91 Å². The van der Waals surface area contributed by atoms with Crippen molar-refractivity contribution in [3.63, 3.8) is 0 Å². The Morgan fingerprint density at radius 3 is 2.47 bits per heavy atom. The largest absolute Gasteiger partial charge is 0.454 e. The van der Waals surface area contributed by atoms with E-state index in [4.69, 9.17) is 14.5 Å². The molecule has 6 nitrogen and oxygen atoms in total. The smallest absolute Gasteiger partial charge is 0.275 e. The number of carbonyl (C=O) groups excluding carboxylic acids is 1. The number of carbonyl (C=O) groups is 1. The van der Waals surface area contributed by atoms with Crippen molar-refractivity contribution < 1.29 is 14.3 Å². The van der Waals surface area contributed by atoms with E-state index in [9.17, 15) is 4.79 Å². The van der Waals surface area contributed by atoms with Crippen molar-refractivity contribution in [3.05, 3.63) is 101 Å². The fraction of sp³-hybridized carbons (Fsp3) is 0.154. The molecule has 1 N–H and O–H groups in total. The number of fused-ring (bicyclic) bond motifs is 1. The molecule has 0 aliphatic carbocycles. The van der Waals surface area contributed by atoms with Gasteiger partial charge in [-0.1, -0.05) is 54.6 Å². The third kappa shape index (κ3) is 2.95. The van der Waals surface area contributed by atoms with Crippen molar-refractivity contribution >= 4 is 17.3 Å². The first kappa shape index (κ1) is 18.7. The van der Waals surface area contributed by atoms with E-state index in [1.165, 1.54) is 0 Å². The maximum absolute atomic E-state index is 13.8. The van der Waals surface area contributed by atoms with Crippen LogP contribution in [0.15, 0.2) is 95.1 Å². The fourth-order valence-electron chi connectivity index (χ4n) is 4.57. The Morgan fingerprint density at radius 1 is 0.906 bits per heavy atom. The van der Waals surface area contributed by atoms with Gasteiger partial charge in [-0.05, 0) is 29.8 Å². The van der Waals surface area contributed by atoms with Gasteiger partial charge in [-0.25, -0.2) is 0 Å². The predicted octanol–water partition coefficient (Wildman–Crippen LogP) is 3.85. The van der Waals surface area contributed by atoms with Gasteiger partial charge in [-0.3, -0.25) is 14.7 Å². The minimum Gasteiger partial charge on any atom is -0.454 e. The Hall–Kier alpha value is -4.06. The quantitative estimate of drug-likeness (QED) is 0.695. The Kier molecular flexibility index (Phi) is 4.42. The normalized spacial score (nSPS) is 19.4. The number of nitrogens with zero attached hydrogens (tertiary/aromatic N) is 2. The number of amides is 1. The molecule has 3 aliphatic rings. The lowest BCUT2D eigenvalue weighted by Gasteiger charge is -2.28. The summed E-state index contributed by atoms with van der Waals surface area (Å²) in [5.41, 5.74) is 5.13. The first-order chi connectivity index (χ1) is 15.8. The van der Waals surface area contributed by atoms with E-state index in [-0.39, 0.29) is 18.7 Å². The number of nitrogens with one attached hydrogen (secondary N) is 1. The standard InChI is InChI=1S/C26H21N3O3/c30-26-24-22(23(27-13-14-28-24)17-7-3-1-4-8-17)25(29(26)19-9-5-2-6-10-19)18-11-12-20-21(15-18)32-16-31-20/h1-12,15,25,28H,13-14,16H2/t25-/m0/s1. The summed E-state index contributed by atoms with van der Waals surface area (Å²) in [5, 5.41) is 3.36. The maximum atomic E-state index is 13.8. The zero-order valence-electron chi connectivity index (χ0n) is 17.3. The number of anilines is 1. The molecule has 0 bridgehead atoms. The van der Waals surface area contributed by atoms with Gasteiger partial charge in [0.15, 0.2) is 11.5 Å². The lowest BCUT2D eigenvalue weighted by Crippen LogP contribution is -2.33. The molecule has 6 heteroatoms. The lowest BCUT2D eigenvalue weighted by molar-refractivity contribution is -0.115. The summed E-state index contributed by atoms with van der Waals surface area (Å²) in [5.74, 6) is 1.35. The molecule has 1 amide bonds. The molecular formula is C26H21N3O3. The Morgan fingerprint density at radius 2 is 1.66 bits per heavy atom.